The van der Waals surface area contributed by atoms with Crippen molar-refractivity contribution < 1.29 is 14.6 Å². The molecule has 0 radical (unpaired) electrons. The predicted molar refractivity (Wildman–Crippen MR) is 72.2 cm³/mol. The van der Waals surface area contributed by atoms with Crippen molar-refractivity contribution in [3.8, 4) is 11.5 Å². The van der Waals surface area contributed by atoms with Gasteiger partial charge in [-0.1, -0.05) is 38.9 Å². The maximum atomic E-state index is 11.0. The lowest BCUT2D eigenvalue weighted by Crippen LogP contribution is -2.30. The van der Waals surface area contributed by atoms with Crippen LogP contribution in [0, 0.1) is 11.5 Å². The van der Waals surface area contributed by atoms with Gasteiger partial charge in [-0.3, -0.25) is 4.79 Å². The SMILES string of the molecule is CCCCC(OC(C)=O)C(O)C#C[Si](C)(C)C. The van der Waals surface area contributed by atoms with E-state index in [2.05, 4.69) is 38.0 Å². The largest absolute Gasteiger partial charge is 0.459 e. The third-order valence-electron chi connectivity index (χ3n) is 2.11. The van der Waals surface area contributed by atoms with Gasteiger partial charge in [-0.15, -0.1) is 5.54 Å². The summed E-state index contributed by atoms with van der Waals surface area (Å²) in [6, 6.07) is 0. The van der Waals surface area contributed by atoms with Crippen molar-refractivity contribution in [2.75, 3.05) is 0 Å². The molecule has 2 atom stereocenters. The highest BCUT2D eigenvalue weighted by molar-refractivity contribution is 6.83. The number of carbonyl (C=O) groups is 1. The number of aliphatic hydroxyl groups is 1. The molecule has 0 heterocycles. The maximum Gasteiger partial charge on any atom is 0.303 e. The van der Waals surface area contributed by atoms with E-state index < -0.39 is 20.3 Å². The first-order chi connectivity index (χ1) is 7.76. The zero-order chi connectivity index (χ0) is 13.5. The summed E-state index contributed by atoms with van der Waals surface area (Å²) < 4.78 is 5.10. The molecular formula is C13H24O3Si. The molecule has 0 saturated heterocycles. The van der Waals surface area contributed by atoms with Crippen LogP contribution in [0.3, 0.4) is 0 Å². The van der Waals surface area contributed by atoms with Gasteiger partial charge < -0.3 is 9.84 Å². The first-order valence-corrected chi connectivity index (χ1v) is 9.64. The molecule has 0 aromatic heterocycles. The number of aliphatic hydroxyl groups excluding tert-OH is 1. The number of ether oxygens (including phenoxy) is 1. The van der Waals surface area contributed by atoms with Crippen molar-refractivity contribution in [3.63, 3.8) is 0 Å². The summed E-state index contributed by atoms with van der Waals surface area (Å²) in [5, 5.41) is 9.92. The van der Waals surface area contributed by atoms with E-state index in [1.165, 1.54) is 6.92 Å². The summed E-state index contributed by atoms with van der Waals surface area (Å²) in [6.45, 7) is 9.75. The topological polar surface area (TPSA) is 46.5 Å². The highest BCUT2D eigenvalue weighted by Crippen LogP contribution is 2.10. The van der Waals surface area contributed by atoms with Crippen LogP contribution in [-0.2, 0) is 9.53 Å². The Hall–Kier alpha value is -0.793. The Kier molecular flexibility index (Phi) is 7.17. The van der Waals surface area contributed by atoms with Gasteiger partial charge in [0.15, 0.2) is 6.10 Å². The number of carbonyl (C=O) groups excluding carboxylic acids is 1. The molecule has 0 aromatic rings. The van der Waals surface area contributed by atoms with Crippen LogP contribution in [0.2, 0.25) is 19.6 Å². The highest BCUT2D eigenvalue weighted by atomic mass is 28.3. The minimum atomic E-state index is -1.50. The molecule has 98 valence electrons. The maximum absolute atomic E-state index is 11.0. The molecule has 0 amide bonds. The quantitative estimate of drug-likeness (QED) is 0.466. The number of unbranched alkanes of at least 4 members (excludes halogenated alkanes) is 1. The van der Waals surface area contributed by atoms with E-state index in [9.17, 15) is 9.90 Å². The van der Waals surface area contributed by atoms with Crippen LogP contribution in [0.4, 0.5) is 0 Å². The Labute approximate surface area is 106 Å². The molecule has 0 rings (SSSR count). The Balaban J connectivity index is 4.54. The molecule has 0 spiro atoms. The van der Waals surface area contributed by atoms with E-state index in [0.717, 1.165) is 12.8 Å². The Morgan fingerprint density at radius 3 is 2.41 bits per heavy atom. The van der Waals surface area contributed by atoms with Crippen molar-refractivity contribution in [1.82, 2.24) is 0 Å². The third kappa shape index (κ3) is 8.96. The molecule has 0 aliphatic rings. The zero-order valence-corrected chi connectivity index (χ0v) is 12.5. The normalized spacial score (nSPS) is 14.5. The van der Waals surface area contributed by atoms with Gasteiger partial charge in [-0.2, -0.15) is 0 Å². The van der Waals surface area contributed by atoms with Crippen LogP contribution >= 0.6 is 0 Å². The van der Waals surface area contributed by atoms with E-state index in [1.807, 2.05) is 0 Å². The second-order valence-electron chi connectivity index (χ2n) is 5.25. The molecular weight excluding hydrogens is 232 g/mol. The summed E-state index contributed by atoms with van der Waals surface area (Å²) >= 11 is 0. The number of esters is 1. The third-order valence-corrected chi connectivity index (χ3v) is 3.00. The molecule has 0 bridgehead atoms. The van der Waals surface area contributed by atoms with Crippen LogP contribution in [0.15, 0.2) is 0 Å². The van der Waals surface area contributed by atoms with E-state index in [0.29, 0.717) is 6.42 Å². The Bertz CT molecular complexity index is 296. The summed E-state index contributed by atoms with van der Waals surface area (Å²) in [7, 11) is -1.50. The van der Waals surface area contributed by atoms with Crippen molar-refractivity contribution in [3.05, 3.63) is 0 Å². The van der Waals surface area contributed by atoms with E-state index in [1.54, 1.807) is 0 Å². The van der Waals surface area contributed by atoms with Crippen molar-refractivity contribution in [1.29, 1.82) is 0 Å². The van der Waals surface area contributed by atoms with Gasteiger partial charge in [0.1, 0.15) is 14.2 Å². The molecule has 1 N–H and O–H groups in total. The molecule has 2 unspecified atom stereocenters. The summed E-state index contributed by atoms with van der Waals surface area (Å²) in [4.78, 5) is 11.0. The first kappa shape index (κ1) is 16.2. The zero-order valence-electron chi connectivity index (χ0n) is 11.5. The van der Waals surface area contributed by atoms with Crippen LogP contribution < -0.4 is 0 Å². The van der Waals surface area contributed by atoms with E-state index in [4.69, 9.17) is 4.74 Å². The standard InChI is InChI=1S/C13H24O3Si/c1-6-7-8-13(16-11(2)14)12(15)9-10-17(3,4)5/h12-13,15H,6-8H2,1-5H3. The number of rotatable bonds is 5. The predicted octanol–water partition coefficient (Wildman–Crippen LogP) is 2.35. The molecule has 4 heteroatoms. The first-order valence-electron chi connectivity index (χ1n) is 6.14. The fraction of sp³-hybridized carbons (Fsp3) is 0.769. The Morgan fingerprint density at radius 1 is 1.41 bits per heavy atom. The van der Waals surface area contributed by atoms with Gasteiger partial charge in [-0.05, 0) is 12.8 Å². The van der Waals surface area contributed by atoms with E-state index in [-0.39, 0.29) is 5.97 Å². The van der Waals surface area contributed by atoms with Crippen LogP contribution in [-0.4, -0.2) is 31.4 Å². The summed E-state index contributed by atoms with van der Waals surface area (Å²) in [5.74, 6) is 2.47. The lowest BCUT2D eigenvalue weighted by molar-refractivity contribution is -0.150. The number of hydrogen-bond acceptors (Lipinski definition) is 3. The van der Waals surface area contributed by atoms with Gasteiger partial charge >= 0.3 is 5.97 Å². The van der Waals surface area contributed by atoms with Crippen LogP contribution in [0.1, 0.15) is 33.1 Å². The van der Waals surface area contributed by atoms with Crippen LogP contribution in [0.5, 0.6) is 0 Å². The smallest absolute Gasteiger partial charge is 0.303 e. The molecule has 3 nitrogen and oxygen atoms in total. The van der Waals surface area contributed by atoms with Gasteiger partial charge in [-0.25, -0.2) is 0 Å². The van der Waals surface area contributed by atoms with Crippen LogP contribution in [0.25, 0.3) is 0 Å². The lowest BCUT2D eigenvalue weighted by atomic mass is 10.1. The fourth-order valence-electron chi connectivity index (χ4n) is 1.28. The monoisotopic (exact) mass is 256 g/mol. The van der Waals surface area contributed by atoms with Crippen molar-refractivity contribution >= 4 is 14.0 Å². The average Bonchev–Trinajstić information content (AvgIpc) is 2.19. The van der Waals surface area contributed by atoms with E-state index >= 15 is 0 Å². The summed E-state index contributed by atoms with van der Waals surface area (Å²) in [5.41, 5.74) is 3.10. The second kappa shape index (κ2) is 7.52. The number of hydrogen-bond donors (Lipinski definition) is 1. The molecule has 0 aromatic carbocycles. The molecule has 0 fully saturated rings. The van der Waals surface area contributed by atoms with Gasteiger partial charge in [0.25, 0.3) is 0 Å². The highest BCUT2D eigenvalue weighted by Gasteiger charge is 2.20. The minimum absolute atomic E-state index is 0.361. The Morgan fingerprint density at radius 2 is 2.00 bits per heavy atom. The molecule has 17 heavy (non-hydrogen) atoms. The van der Waals surface area contributed by atoms with Crippen molar-refractivity contribution in [2.45, 2.75) is 65.0 Å². The summed E-state index contributed by atoms with van der Waals surface area (Å²) in [6.07, 6.45) is 1.24. The van der Waals surface area contributed by atoms with Gasteiger partial charge in [0, 0.05) is 6.92 Å². The lowest BCUT2D eigenvalue weighted by Gasteiger charge is -2.19. The molecule has 0 aliphatic carbocycles. The average molecular weight is 256 g/mol. The molecule has 0 aliphatic heterocycles. The van der Waals surface area contributed by atoms with Gasteiger partial charge in [0.2, 0.25) is 0 Å². The fourth-order valence-corrected chi connectivity index (χ4v) is 1.86. The van der Waals surface area contributed by atoms with Gasteiger partial charge in [0.05, 0.1) is 0 Å². The second-order valence-corrected chi connectivity index (χ2v) is 10.0. The minimum Gasteiger partial charge on any atom is -0.459 e. The van der Waals surface area contributed by atoms with Crippen molar-refractivity contribution in [2.24, 2.45) is 0 Å². The molecule has 0 saturated carbocycles.